The van der Waals surface area contributed by atoms with Crippen LogP contribution in [0.15, 0.2) is 97.1 Å². The van der Waals surface area contributed by atoms with Crippen molar-refractivity contribution in [3.8, 4) is 45.3 Å². The highest BCUT2D eigenvalue weighted by Gasteiger charge is 2.53. The average molecular weight is 639 g/mol. The molecule has 214 valence electrons. The van der Waals surface area contributed by atoms with Gasteiger partial charge in [0.1, 0.15) is 47.4 Å². The first-order valence-corrected chi connectivity index (χ1v) is 18.5. The van der Waals surface area contributed by atoms with E-state index in [0.717, 1.165) is 22.3 Å². The van der Waals surface area contributed by atoms with Crippen LogP contribution >= 0.6 is 13.4 Å². The van der Waals surface area contributed by atoms with Crippen molar-refractivity contribution in [1.29, 1.82) is 0 Å². The number of hydrogen-bond acceptors (Lipinski definition) is 10. The summed E-state index contributed by atoms with van der Waals surface area (Å²) in [6, 6.07) is 30.7. The Hall–Kier alpha value is -2.78. The van der Waals surface area contributed by atoms with Gasteiger partial charge in [-0.3, -0.25) is 9.05 Å². The first-order chi connectivity index (χ1) is 20.5. The molecule has 4 aromatic rings. The second kappa shape index (κ2) is 10.4. The van der Waals surface area contributed by atoms with E-state index in [1.165, 1.54) is 0 Å². The van der Waals surface area contributed by atoms with E-state index < -0.39 is 37.9 Å². The topological polar surface area (TPSA) is 73.8 Å². The van der Waals surface area contributed by atoms with Crippen LogP contribution in [0.1, 0.15) is 0 Å². The molecule has 0 radical (unpaired) electrons. The van der Waals surface area contributed by atoms with Crippen molar-refractivity contribution < 1.29 is 36.6 Å². The van der Waals surface area contributed by atoms with E-state index in [4.69, 9.17) is 60.2 Å². The van der Waals surface area contributed by atoms with Crippen LogP contribution in [0.4, 0.5) is 0 Å². The Labute approximate surface area is 252 Å². The third-order valence-corrected chi connectivity index (χ3v) is 11.6. The number of rotatable bonds is 4. The third kappa shape index (κ3) is 4.77. The number of fused-ring (bicyclic) bond motifs is 7. The quantitative estimate of drug-likeness (QED) is 0.213. The smallest absolute Gasteiger partial charge is 0.415 e. The van der Waals surface area contributed by atoms with Gasteiger partial charge in [0.05, 0.1) is 13.2 Å². The Kier molecular flexibility index (Phi) is 6.67. The molecule has 2 saturated heterocycles. The molecule has 0 amide bonds. The van der Waals surface area contributed by atoms with E-state index in [2.05, 4.69) is 0 Å². The monoisotopic (exact) mass is 638 g/mol. The van der Waals surface area contributed by atoms with Crippen LogP contribution in [0.5, 0.6) is 23.0 Å². The zero-order valence-electron chi connectivity index (χ0n) is 21.9. The van der Waals surface area contributed by atoms with Crippen LogP contribution in [-0.4, -0.2) is 37.6 Å². The number of hydrogen-bond donors (Lipinski definition) is 0. The number of benzene rings is 4. The molecule has 0 aliphatic carbocycles. The first kappa shape index (κ1) is 26.8. The van der Waals surface area contributed by atoms with E-state index in [1.54, 1.807) is 0 Å². The Morgan fingerprint density at radius 1 is 0.476 bits per heavy atom. The summed E-state index contributed by atoms with van der Waals surface area (Å²) in [6.07, 6.45) is -2.01. The molecule has 4 aliphatic rings. The highest BCUT2D eigenvalue weighted by atomic mass is 32.5. The SMILES string of the molecule is S=P1(O[C@@H]2COC3C2OC[C@H]3OP2(=S)Oc3ccccc3-c3ccccc3O2)Oc2ccccc2-c2ccccc2O1. The lowest BCUT2D eigenvalue weighted by atomic mass is 10.0. The molecule has 4 aromatic carbocycles. The minimum atomic E-state index is -3.30. The lowest BCUT2D eigenvalue weighted by Gasteiger charge is -2.26. The van der Waals surface area contributed by atoms with E-state index in [9.17, 15) is 0 Å². The predicted molar refractivity (Wildman–Crippen MR) is 164 cm³/mol. The highest BCUT2D eigenvalue weighted by molar-refractivity contribution is 8.08. The summed E-state index contributed by atoms with van der Waals surface area (Å²) in [5.41, 5.74) is 3.56. The third-order valence-electron chi connectivity index (χ3n) is 7.46. The Bertz CT molecular complexity index is 1550. The van der Waals surface area contributed by atoms with Gasteiger partial charge in [0, 0.05) is 45.9 Å². The van der Waals surface area contributed by atoms with Gasteiger partial charge < -0.3 is 27.6 Å². The zero-order chi connectivity index (χ0) is 28.3. The van der Waals surface area contributed by atoms with E-state index >= 15 is 0 Å². The van der Waals surface area contributed by atoms with Crippen molar-refractivity contribution >= 4 is 37.1 Å². The van der Waals surface area contributed by atoms with Crippen LogP contribution in [0, 0.1) is 0 Å². The van der Waals surface area contributed by atoms with Crippen molar-refractivity contribution in [3.05, 3.63) is 97.1 Å². The van der Waals surface area contributed by atoms with Gasteiger partial charge in [-0.05, 0) is 24.3 Å². The van der Waals surface area contributed by atoms with Gasteiger partial charge in [-0.1, -0.05) is 72.8 Å². The molecular weight excluding hydrogens is 614 g/mol. The van der Waals surface area contributed by atoms with Crippen LogP contribution in [0.2, 0.25) is 0 Å². The minimum Gasteiger partial charge on any atom is -0.415 e. The maximum absolute atomic E-state index is 6.42. The summed E-state index contributed by atoms with van der Waals surface area (Å²) >= 11 is 11.8. The molecule has 8 nitrogen and oxygen atoms in total. The molecule has 0 saturated carbocycles. The van der Waals surface area contributed by atoms with Gasteiger partial charge in [-0.2, -0.15) is 0 Å². The van der Waals surface area contributed by atoms with Crippen LogP contribution in [-0.2, 0) is 42.1 Å². The second-order valence-corrected chi connectivity index (χ2v) is 15.8. The molecule has 42 heavy (non-hydrogen) atoms. The van der Waals surface area contributed by atoms with E-state index in [0.29, 0.717) is 23.0 Å². The van der Waals surface area contributed by atoms with Crippen molar-refractivity contribution in [2.75, 3.05) is 13.2 Å². The van der Waals surface area contributed by atoms with Crippen molar-refractivity contribution in [3.63, 3.8) is 0 Å². The van der Waals surface area contributed by atoms with E-state index in [1.807, 2.05) is 97.1 Å². The average Bonchev–Trinajstić information content (AvgIpc) is 3.49. The Morgan fingerprint density at radius 2 is 0.762 bits per heavy atom. The Balaban J connectivity index is 1.02. The molecule has 0 N–H and O–H groups in total. The molecule has 8 rings (SSSR count). The predicted octanol–water partition coefficient (Wildman–Crippen LogP) is 7.28. The first-order valence-electron chi connectivity index (χ1n) is 13.4. The Morgan fingerprint density at radius 3 is 1.07 bits per heavy atom. The molecule has 0 bridgehead atoms. The molecule has 0 aromatic heterocycles. The second-order valence-electron chi connectivity index (χ2n) is 10.1. The largest absolute Gasteiger partial charge is 0.435 e. The molecule has 2 unspecified atom stereocenters. The lowest BCUT2D eigenvalue weighted by molar-refractivity contribution is 0.0130. The fourth-order valence-corrected chi connectivity index (χ4v) is 10.1. The zero-order valence-corrected chi connectivity index (χ0v) is 25.4. The molecular formula is C30H24O8P2S2. The molecule has 0 spiro atoms. The highest BCUT2D eigenvalue weighted by Crippen LogP contribution is 2.60. The van der Waals surface area contributed by atoms with E-state index in [-0.39, 0.29) is 13.2 Å². The fourth-order valence-electron chi connectivity index (χ4n) is 5.62. The summed E-state index contributed by atoms with van der Waals surface area (Å²) in [6.45, 7) is -6.15. The van der Waals surface area contributed by atoms with Crippen molar-refractivity contribution in [2.45, 2.75) is 24.4 Å². The van der Waals surface area contributed by atoms with Crippen molar-refractivity contribution in [1.82, 2.24) is 0 Å². The molecule has 12 heteroatoms. The normalized spacial score (nSPS) is 25.8. The van der Waals surface area contributed by atoms with Crippen molar-refractivity contribution in [2.24, 2.45) is 0 Å². The van der Waals surface area contributed by atoms with Gasteiger partial charge in [0.25, 0.3) is 0 Å². The van der Waals surface area contributed by atoms with Gasteiger partial charge in [-0.25, -0.2) is 0 Å². The van der Waals surface area contributed by atoms with Gasteiger partial charge in [0.2, 0.25) is 0 Å². The maximum Gasteiger partial charge on any atom is 0.435 e. The summed E-state index contributed by atoms with van der Waals surface area (Å²) < 4.78 is 50.2. The summed E-state index contributed by atoms with van der Waals surface area (Å²) in [7, 11) is 0. The van der Waals surface area contributed by atoms with Gasteiger partial charge in [-0.15, -0.1) is 0 Å². The maximum atomic E-state index is 6.42. The molecule has 4 heterocycles. The lowest BCUT2D eigenvalue weighted by Crippen LogP contribution is -2.34. The van der Waals surface area contributed by atoms with Crippen LogP contribution in [0.25, 0.3) is 22.3 Å². The fraction of sp³-hybridized carbons (Fsp3) is 0.200. The standard InChI is InChI=1S/C30H24O8P2S2/c41-39(33-23-13-5-1-9-19(23)20-10-2-6-14-24(20)34-39)37-27-17-31-30-28(18-32-29(27)30)38-40(42)35-25-15-7-3-11-21(25)22-12-4-8-16-26(22)36-40/h1-16,27-30H,17-18H2/t27-,28-,29?,30?/m1/s1. The summed E-state index contributed by atoms with van der Waals surface area (Å²) in [4.78, 5) is 0. The molecule has 2 fully saturated rings. The van der Waals surface area contributed by atoms with Crippen LogP contribution < -0.4 is 18.1 Å². The summed E-state index contributed by atoms with van der Waals surface area (Å²) in [5, 5.41) is 0. The van der Waals surface area contributed by atoms with Crippen LogP contribution in [0.3, 0.4) is 0 Å². The number of para-hydroxylation sites is 4. The number of ether oxygens (including phenoxy) is 2. The minimum absolute atomic E-state index is 0.222. The van der Waals surface area contributed by atoms with Gasteiger partial charge >= 0.3 is 13.4 Å². The molecule has 4 aliphatic heterocycles. The van der Waals surface area contributed by atoms with Gasteiger partial charge in [0.15, 0.2) is 0 Å². The summed E-state index contributed by atoms with van der Waals surface area (Å²) in [5.74, 6) is 2.43. The molecule has 4 atom stereocenters.